The van der Waals surface area contributed by atoms with Gasteiger partial charge in [-0.3, -0.25) is 4.90 Å². The number of hydrogen-bond acceptors (Lipinski definition) is 6. The minimum absolute atomic E-state index is 0.523. The van der Waals surface area contributed by atoms with Crippen LogP contribution in [0, 0.1) is 0 Å². The molecule has 0 unspecified atom stereocenters. The summed E-state index contributed by atoms with van der Waals surface area (Å²) in [5, 5.41) is 7.10. The van der Waals surface area contributed by atoms with Crippen LogP contribution in [0.5, 0.6) is 0 Å². The highest BCUT2D eigenvalue weighted by molar-refractivity contribution is 6.33. The van der Waals surface area contributed by atoms with Crippen LogP contribution in [0.15, 0.2) is 36.5 Å². The predicted molar refractivity (Wildman–Crippen MR) is 92.5 cm³/mol. The maximum atomic E-state index is 6.13. The number of nitrogens with one attached hydrogen (secondary N) is 2. The lowest BCUT2D eigenvalue weighted by Gasteiger charge is -2.26. The molecule has 0 bridgehead atoms. The summed E-state index contributed by atoms with van der Waals surface area (Å²) in [6.45, 7) is 5.43. The largest absolute Gasteiger partial charge is 0.379 e. The summed E-state index contributed by atoms with van der Waals surface area (Å²) in [4.78, 5) is 11.1. The molecular formula is C16H20ClN5O. The van der Waals surface area contributed by atoms with Gasteiger partial charge in [-0.05, 0) is 18.2 Å². The molecule has 0 aliphatic carbocycles. The average Bonchev–Trinajstić information content (AvgIpc) is 2.58. The van der Waals surface area contributed by atoms with Crippen molar-refractivity contribution in [1.82, 2.24) is 14.9 Å². The number of ether oxygens (including phenoxy) is 1. The van der Waals surface area contributed by atoms with Crippen LogP contribution in [0.4, 0.5) is 17.5 Å². The van der Waals surface area contributed by atoms with Crippen molar-refractivity contribution >= 4 is 29.1 Å². The van der Waals surface area contributed by atoms with E-state index in [-0.39, 0.29) is 0 Å². The van der Waals surface area contributed by atoms with E-state index in [0.717, 1.165) is 50.9 Å². The van der Waals surface area contributed by atoms with Crippen molar-refractivity contribution in [1.29, 1.82) is 0 Å². The predicted octanol–water partition coefficient (Wildman–Crippen LogP) is 2.62. The van der Waals surface area contributed by atoms with E-state index in [9.17, 15) is 0 Å². The third kappa shape index (κ3) is 4.79. The SMILES string of the molecule is Clc1ccccc1Nc1nccc(NCCN2CCOCC2)n1. The van der Waals surface area contributed by atoms with Crippen LogP contribution in [-0.2, 0) is 4.74 Å². The molecule has 1 aromatic heterocycles. The molecule has 7 heteroatoms. The standard InChI is InChI=1S/C16H20ClN5O/c17-13-3-1-2-4-14(13)20-16-19-6-5-15(21-16)18-7-8-22-9-11-23-12-10-22/h1-6H,7-12H2,(H2,18,19,20,21). The van der Waals surface area contributed by atoms with Crippen LogP contribution in [0.3, 0.4) is 0 Å². The van der Waals surface area contributed by atoms with E-state index in [1.807, 2.05) is 30.3 Å². The lowest BCUT2D eigenvalue weighted by molar-refractivity contribution is 0.0398. The Labute approximate surface area is 140 Å². The maximum absolute atomic E-state index is 6.13. The van der Waals surface area contributed by atoms with Gasteiger partial charge in [-0.1, -0.05) is 23.7 Å². The average molecular weight is 334 g/mol. The number of para-hydroxylation sites is 1. The second-order valence-corrected chi connectivity index (χ2v) is 5.66. The molecule has 3 rings (SSSR count). The van der Waals surface area contributed by atoms with E-state index in [1.165, 1.54) is 0 Å². The molecule has 6 nitrogen and oxygen atoms in total. The molecule has 0 spiro atoms. The molecule has 0 atom stereocenters. The highest BCUT2D eigenvalue weighted by Crippen LogP contribution is 2.23. The van der Waals surface area contributed by atoms with E-state index in [4.69, 9.17) is 16.3 Å². The normalized spacial score (nSPS) is 15.3. The van der Waals surface area contributed by atoms with Crippen LogP contribution in [0.25, 0.3) is 0 Å². The van der Waals surface area contributed by atoms with Crippen LogP contribution >= 0.6 is 11.6 Å². The summed E-state index contributed by atoms with van der Waals surface area (Å²) in [7, 11) is 0. The van der Waals surface area contributed by atoms with Gasteiger partial charge in [-0.15, -0.1) is 0 Å². The van der Waals surface area contributed by atoms with Crippen molar-refractivity contribution in [3.63, 3.8) is 0 Å². The van der Waals surface area contributed by atoms with Crippen molar-refractivity contribution in [2.45, 2.75) is 0 Å². The molecule has 1 saturated heterocycles. The maximum Gasteiger partial charge on any atom is 0.229 e. The van der Waals surface area contributed by atoms with Gasteiger partial charge in [0.05, 0.1) is 23.9 Å². The zero-order chi connectivity index (χ0) is 15.9. The van der Waals surface area contributed by atoms with E-state index in [2.05, 4.69) is 25.5 Å². The first-order valence-corrected chi connectivity index (χ1v) is 8.07. The second-order valence-electron chi connectivity index (χ2n) is 5.25. The molecule has 122 valence electrons. The van der Waals surface area contributed by atoms with Crippen molar-refractivity contribution in [3.8, 4) is 0 Å². The van der Waals surface area contributed by atoms with Crippen LogP contribution < -0.4 is 10.6 Å². The van der Waals surface area contributed by atoms with E-state index >= 15 is 0 Å². The topological polar surface area (TPSA) is 62.3 Å². The van der Waals surface area contributed by atoms with Gasteiger partial charge in [0.25, 0.3) is 0 Å². The lowest BCUT2D eigenvalue weighted by Crippen LogP contribution is -2.39. The molecule has 0 saturated carbocycles. The first kappa shape index (κ1) is 16.0. The van der Waals surface area contributed by atoms with Gasteiger partial charge in [0.1, 0.15) is 5.82 Å². The fourth-order valence-electron chi connectivity index (χ4n) is 2.37. The third-order valence-electron chi connectivity index (χ3n) is 3.61. The lowest BCUT2D eigenvalue weighted by atomic mass is 10.3. The third-order valence-corrected chi connectivity index (χ3v) is 3.94. The van der Waals surface area contributed by atoms with Gasteiger partial charge in [-0.25, -0.2) is 4.98 Å². The minimum atomic E-state index is 0.523. The Morgan fingerprint density at radius 2 is 2.00 bits per heavy atom. The zero-order valence-corrected chi connectivity index (χ0v) is 13.6. The van der Waals surface area contributed by atoms with Gasteiger partial charge >= 0.3 is 0 Å². The van der Waals surface area contributed by atoms with E-state index in [1.54, 1.807) is 6.20 Å². The number of anilines is 3. The molecule has 1 fully saturated rings. The molecule has 1 aromatic carbocycles. The fourth-order valence-corrected chi connectivity index (χ4v) is 2.55. The van der Waals surface area contributed by atoms with Gasteiger partial charge < -0.3 is 15.4 Å². The smallest absolute Gasteiger partial charge is 0.229 e. The highest BCUT2D eigenvalue weighted by Gasteiger charge is 2.09. The van der Waals surface area contributed by atoms with Crippen molar-refractivity contribution < 1.29 is 4.74 Å². The van der Waals surface area contributed by atoms with Crippen LogP contribution in [-0.4, -0.2) is 54.3 Å². The molecule has 2 N–H and O–H groups in total. The number of halogens is 1. The number of benzene rings is 1. The van der Waals surface area contributed by atoms with Gasteiger partial charge in [0.15, 0.2) is 0 Å². The summed E-state index contributed by atoms with van der Waals surface area (Å²) in [5.74, 6) is 1.32. The molecular weight excluding hydrogens is 314 g/mol. The Morgan fingerprint density at radius 1 is 1.17 bits per heavy atom. The second kappa shape index (κ2) is 8.10. The summed E-state index contributed by atoms with van der Waals surface area (Å²) in [5.41, 5.74) is 0.791. The minimum Gasteiger partial charge on any atom is -0.379 e. The summed E-state index contributed by atoms with van der Waals surface area (Å²) in [6.07, 6.45) is 1.73. The van der Waals surface area contributed by atoms with E-state index < -0.39 is 0 Å². The Hall–Kier alpha value is -1.89. The molecule has 0 radical (unpaired) electrons. The number of aromatic nitrogens is 2. The van der Waals surface area contributed by atoms with Gasteiger partial charge in [0.2, 0.25) is 5.95 Å². The Balaban J connectivity index is 1.53. The van der Waals surface area contributed by atoms with Crippen LogP contribution in [0.1, 0.15) is 0 Å². The summed E-state index contributed by atoms with van der Waals surface area (Å²) >= 11 is 6.13. The quantitative estimate of drug-likeness (QED) is 0.847. The highest BCUT2D eigenvalue weighted by atomic mass is 35.5. The zero-order valence-electron chi connectivity index (χ0n) is 12.8. The van der Waals surface area contributed by atoms with E-state index in [0.29, 0.717) is 11.0 Å². The molecule has 2 heterocycles. The molecule has 1 aliphatic heterocycles. The first-order chi connectivity index (χ1) is 11.3. The number of hydrogen-bond donors (Lipinski definition) is 2. The Bertz CT molecular complexity index is 633. The molecule has 1 aliphatic rings. The number of rotatable bonds is 6. The monoisotopic (exact) mass is 333 g/mol. The number of morpholine rings is 1. The van der Waals surface area contributed by atoms with Crippen molar-refractivity contribution in [2.24, 2.45) is 0 Å². The molecule has 2 aromatic rings. The summed E-state index contributed by atoms with van der Waals surface area (Å²) < 4.78 is 5.34. The number of nitrogens with zero attached hydrogens (tertiary/aromatic N) is 3. The fraction of sp³-hybridized carbons (Fsp3) is 0.375. The van der Waals surface area contributed by atoms with Gasteiger partial charge in [0, 0.05) is 32.4 Å². The van der Waals surface area contributed by atoms with Crippen molar-refractivity contribution in [2.75, 3.05) is 50.0 Å². The first-order valence-electron chi connectivity index (χ1n) is 7.70. The molecule has 0 amide bonds. The van der Waals surface area contributed by atoms with Gasteiger partial charge in [-0.2, -0.15) is 4.98 Å². The summed E-state index contributed by atoms with van der Waals surface area (Å²) in [6, 6.07) is 9.38. The Kier molecular flexibility index (Phi) is 5.63. The molecule has 23 heavy (non-hydrogen) atoms. The van der Waals surface area contributed by atoms with Crippen LogP contribution in [0.2, 0.25) is 5.02 Å². The Morgan fingerprint density at radius 3 is 2.83 bits per heavy atom. The van der Waals surface area contributed by atoms with Crippen molar-refractivity contribution in [3.05, 3.63) is 41.6 Å².